The van der Waals surface area contributed by atoms with Gasteiger partial charge < -0.3 is 24.8 Å². The monoisotopic (exact) mass is 840 g/mol. The molecule has 268 valence electrons. The molecule has 0 unspecified atom stereocenters. The van der Waals surface area contributed by atoms with Gasteiger partial charge in [0.05, 0.1) is 0 Å². The Morgan fingerprint density at radius 1 is 0.673 bits per heavy atom. The normalized spacial score (nSPS) is 15.1. The van der Waals surface area contributed by atoms with Gasteiger partial charge >= 0.3 is 120 Å². The van der Waals surface area contributed by atoms with E-state index in [1.165, 1.54) is 94.2 Å². The molecule has 0 fully saturated rings. The van der Waals surface area contributed by atoms with Crippen LogP contribution < -0.4 is 24.8 Å². The van der Waals surface area contributed by atoms with Crippen molar-refractivity contribution in [1.82, 2.24) is 0 Å². The van der Waals surface area contributed by atoms with Crippen molar-refractivity contribution in [1.29, 1.82) is 0 Å². The molecule has 0 aliphatic heterocycles. The van der Waals surface area contributed by atoms with E-state index in [1.54, 1.807) is 0 Å². The molecule has 8 rings (SSSR count). The first kappa shape index (κ1) is 42.2. The molecule has 0 radical (unpaired) electrons. The number of hydrogen-bond acceptors (Lipinski definition) is 0. The summed E-state index contributed by atoms with van der Waals surface area (Å²) in [6.45, 7) is 18.2. The van der Waals surface area contributed by atoms with E-state index in [1.807, 2.05) is 36.4 Å². The second-order valence-electron chi connectivity index (χ2n) is 15.4. The van der Waals surface area contributed by atoms with E-state index in [4.69, 9.17) is 23.2 Å². The minimum atomic E-state index is 0. The van der Waals surface area contributed by atoms with Gasteiger partial charge in [0.2, 0.25) is 0 Å². The molecular weight excluding hydrogens is 798 g/mol. The van der Waals surface area contributed by atoms with Crippen molar-refractivity contribution in [2.45, 2.75) is 79.1 Å². The van der Waals surface area contributed by atoms with Gasteiger partial charge in [0, 0.05) is 0 Å². The molecule has 52 heavy (non-hydrogen) atoms. The summed E-state index contributed by atoms with van der Waals surface area (Å²) >= 11 is 13.3. The Hall–Kier alpha value is -2.51. The Morgan fingerprint density at radius 3 is 1.69 bits per heavy atom. The molecule has 5 aromatic rings. The third kappa shape index (κ3) is 9.05. The van der Waals surface area contributed by atoms with Crippen molar-refractivity contribution in [3.63, 3.8) is 0 Å². The van der Waals surface area contributed by atoms with Gasteiger partial charge in [-0.05, 0) is 70.2 Å². The molecule has 0 amide bonds. The molecule has 0 saturated heterocycles. The fourth-order valence-corrected chi connectivity index (χ4v) is 8.49. The largest absolute Gasteiger partial charge is 1.00 e. The topological polar surface area (TPSA) is 0 Å². The van der Waals surface area contributed by atoms with Crippen LogP contribution in [0.3, 0.4) is 0 Å². The van der Waals surface area contributed by atoms with Gasteiger partial charge in [-0.15, -0.1) is 12.5 Å². The Kier molecular flexibility index (Phi) is 13.7. The van der Waals surface area contributed by atoms with Crippen LogP contribution in [0.15, 0.2) is 103 Å². The van der Waals surface area contributed by atoms with Crippen LogP contribution in [-0.4, -0.2) is 3.21 Å². The van der Waals surface area contributed by atoms with Crippen molar-refractivity contribution >= 4 is 37.6 Å². The first-order valence-electron chi connectivity index (χ1n) is 17.5. The van der Waals surface area contributed by atoms with E-state index >= 15 is 0 Å². The molecular formula is C47H46Cl4Zr-2. The number of hydrogen-bond donors (Lipinski definition) is 0. The molecule has 3 aliphatic carbocycles. The van der Waals surface area contributed by atoms with Crippen molar-refractivity contribution in [3.8, 4) is 11.1 Å². The van der Waals surface area contributed by atoms with E-state index in [9.17, 15) is 0 Å². The summed E-state index contributed by atoms with van der Waals surface area (Å²) in [5.74, 6) is 0. The van der Waals surface area contributed by atoms with Crippen LogP contribution in [0.25, 0.3) is 22.3 Å². The summed E-state index contributed by atoms with van der Waals surface area (Å²) in [5, 5.41) is 1.53. The zero-order valence-corrected chi connectivity index (χ0v) is 36.8. The molecule has 0 heterocycles. The van der Waals surface area contributed by atoms with Crippen LogP contribution in [0, 0.1) is 20.3 Å². The van der Waals surface area contributed by atoms with Crippen LogP contribution in [0.2, 0.25) is 10.0 Å². The summed E-state index contributed by atoms with van der Waals surface area (Å²) in [4.78, 5) is 0. The summed E-state index contributed by atoms with van der Waals surface area (Å²) in [6, 6.07) is 32.1. The Morgan fingerprint density at radius 2 is 1.21 bits per heavy atom. The molecule has 0 nitrogen and oxygen atoms in total. The van der Waals surface area contributed by atoms with Crippen LogP contribution in [0.4, 0.5) is 0 Å². The van der Waals surface area contributed by atoms with Crippen molar-refractivity contribution < 1.29 is 49.0 Å². The average Bonchev–Trinajstić information content (AvgIpc) is 3.64. The zero-order chi connectivity index (χ0) is 36.0. The van der Waals surface area contributed by atoms with E-state index in [0.717, 1.165) is 34.0 Å². The maximum atomic E-state index is 5.98. The molecule has 0 aromatic heterocycles. The maximum absolute atomic E-state index is 5.98. The number of fused-ring (bicyclic) bond motifs is 5. The quantitative estimate of drug-likeness (QED) is 0.160. The van der Waals surface area contributed by atoms with Crippen LogP contribution in [0.5, 0.6) is 0 Å². The SMILES string of the molecule is CC1=C[CH-]C(C)(C)c2cc3c(cc21)-c1cc2c(cc1C3)C(C)(C)CC=C2C.Cc1c[cH-]c(C)c1.Clc1cccc([C](=[Zr+2])c2cccc(Cl)c2)c1.[Cl-].[Cl-]. The van der Waals surface area contributed by atoms with Crippen LogP contribution in [0.1, 0.15) is 104 Å². The fourth-order valence-electron chi connectivity index (χ4n) is 7.35. The first-order chi connectivity index (χ1) is 23.6. The summed E-state index contributed by atoms with van der Waals surface area (Å²) in [7, 11) is 0. The Balaban J connectivity index is 0.000000205. The van der Waals surface area contributed by atoms with Crippen LogP contribution >= 0.6 is 23.2 Å². The minimum Gasteiger partial charge on any atom is -1.00 e. The van der Waals surface area contributed by atoms with Gasteiger partial charge in [-0.1, -0.05) is 76.8 Å². The number of halogens is 4. The van der Waals surface area contributed by atoms with E-state index in [2.05, 4.69) is 129 Å². The van der Waals surface area contributed by atoms with E-state index in [-0.39, 0.29) is 35.6 Å². The molecule has 5 heteroatoms. The molecule has 0 N–H and O–H groups in total. The fraction of sp³-hybridized carbons (Fsp3) is 0.255. The Labute approximate surface area is 349 Å². The number of allylic oxidation sites excluding steroid dienone is 4. The predicted octanol–water partition coefficient (Wildman–Crippen LogP) is 7.38. The van der Waals surface area contributed by atoms with Gasteiger partial charge in [0.1, 0.15) is 0 Å². The molecule has 3 aliphatic rings. The smallest absolute Gasteiger partial charge is 1.00 e. The number of aryl methyl sites for hydroxylation is 2. The Bertz CT molecular complexity index is 2030. The first-order valence-corrected chi connectivity index (χ1v) is 19.5. The zero-order valence-electron chi connectivity index (χ0n) is 31.3. The van der Waals surface area contributed by atoms with Crippen LogP contribution in [-0.2, 0) is 41.5 Å². The van der Waals surface area contributed by atoms with E-state index < -0.39 is 0 Å². The van der Waals surface area contributed by atoms with Crippen molar-refractivity contribution in [2.24, 2.45) is 0 Å². The second kappa shape index (κ2) is 16.9. The summed E-state index contributed by atoms with van der Waals surface area (Å²) in [5.41, 5.74) is 20.0. The number of benzene rings is 4. The molecule has 0 bridgehead atoms. The molecule has 0 spiro atoms. The van der Waals surface area contributed by atoms with Gasteiger partial charge in [-0.25, -0.2) is 24.1 Å². The third-order valence-corrected chi connectivity index (χ3v) is 12.3. The second-order valence-corrected chi connectivity index (χ2v) is 17.5. The standard InChI is InChI=1S/C27H29.C13H8Cl2.C7H9.2ClH.Zr/c1-16-7-9-26(3,4)24-12-18-11-19-13-25-21(17(2)8-10-27(25,5)6)15-23(19)22(18)14-20(16)24;14-12-5-1-3-10(8-12)7-11-4-2-6-13(15)9-11;1-6-3-4-7(2)5-6;;;/h7-9,12-15H,10-11H2,1-6H3;1-6,8-9H;3-5H,1-2H3;2*1H;/q-1;;-1;;;+2/p-2. The van der Waals surface area contributed by atoms with E-state index in [0.29, 0.717) is 0 Å². The minimum absolute atomic E-state index is 0. The molecule has 0 saturated carbocycles. The summed E-state index contributed by atoms with van der Waals surface area (Å²) in [6.07, 6.45) is 9.28. The van der Waals surface area contributed by atoms with Gasteiger partial charge in [0.15, 0.2) is 0 Å². The molecule has 0 atom stereocenters. The average molecular weight is 844 g/mol. The maximum Gasteiger partial charge on any atom is -1.00 e. The summed E-state index contributed by atoms with van der Waals surface area (Å²) < 4.78 is 1.26. The third-order valence-electron chi connectivity index (χ3n) is 10.4. The van der Waals surface area contributed by atoms with Gasteiger partial charge in [-0.3, -0.25) is 0 Å². The van der Waals surface area contributed by atoms with Gasteiger partial charge in [0.25, 0.3) is 0 Å². The molecule has 5 aromatic carbocycles. The van der Waals surface area contributed by atoms with Gasteiger partial charge in [-0.2, -0.15) is 23.3 Å². The predicted molar refractivity (Wildman–Crippen MR) is 215 cm³/mol. The van der Waals surface area contributed by atoms with Crippen molar-refractivity contribution in [2.75, 3.05) is 0 Å². The number of rotatable bonds is 2. The van der Waals surface area contributed by atoms with Crippen molar-refractivity contribution in [3.05, 3.63) is 175 Å².